The second kappa shape index (κ2) is 4.29. The zero-order valence-corrected chi connectivity index (χ0v) is 9.97. The predicted molar refractivity (Wildman–Crippen MR) is 67.6 cm³/mol. The standard InChI is InChI=1S/C14H14N2O2/c17-14(18)13-12(10-6-2-1-3-7-10)11-8-4-5-9-16(11)15-13/h1-3,6-7H,4-5,8-9H2,(H,17,18). The number of carboxylic acid groups (broad SMARTS) is 1. The highest BCUT2D eigenvalue weighted by atomic mass is 16.4. The van der Waals surface area contributed by atoms with Gasteiger partial charge in [0, 0.05) is 17.8 Å². The number of rotatable bonds is 2. The summed E-state index contributed by atoms with van der Waals surface area (Å²) in [6.45, 7) is 0.822. The van der Waals surface area contributed by atoms with Crippen LogP contribution in [0.25, 0.3) is 11.1 Å². The molecule has 92 valence electrons. The highest BCUT2D eigenvalue weighted by Crippen LogP contribution is 2.31. The largest absolute Gasteiger partial charge is 0.476 e. The molecule has 0 amide bonds. The Balaban J connectivity index is 2.23. The van der Waals surface area contributed by atoms with Crippen LogP contribution >= 0.6 is 0 Å². The number of aryl methyl sites for hydroxylation is 1. The molecule has 1 N–H and O–H groups in total. The molecule has 0 fully saturated rings. The number of carboxylic acids is 1. The van der Waals surface area contributed by atoms with E-state index in [1.54, 1.807) is 0 Å². The molecule has 0 spiro atoms. The monoisotopic (exact) mass is 242 g/mol. The van der Waals surface area contributed by atoms with E-state index in [1.165, 1.54) is 0 Å². The van der Waals surface area contributed by atoms with Gasteiger partial charge in [0.25, 0.3) is 0 Å². The zero-order chi connectivity index (χ0) is 12.5. The first-order chi connectivity index (χ1) is 8.77. The molecule has 1 aliphatic rings. The van der Waals surface area contributed by atoms with Gasteiger partial charge in [0.15, 0.2) is 5.69 Å². The second-order valence-corrected chi connectivity index (χ2v) is 4.52. The minimum atomic E-state index is -0.948. The fourth-order valence-electron chi connectivity index (χ4n) is 2.55. The van der Waals surface area contributed by atoms with E-state index >= 15 is 0 Å². The van der Waals surface area contributed by atoms with Gasteiger partial charge in [0.05, 0.1) is 0 Å². The molecule has 1 aromatic heterocycles. The SMILES string of the molecule is O=C(O)c1nn2c(c1-c1ccccc1)CCCC2. The van der Waals surface area contributed by atoms with Crippen LogP contribution in [0.15, 0.2) is 30.3 Å². The summed E-state index contributed by atoms with van der Waals surface area (Å²) in [5.41, 5.74) is 2.98. The van der Waals surface area contributed by atoms with E-state index in [0.29, 0.717) is 0 Å². The first-order valence-corrected chi connectivity index (χ1v) is 6.16. The number of fused-ring (bicyclic) bond motifs is 1. The molecule has 0 radical (unpaired) electrons. The highest BCUT2D eigenvalue weighted by molar-refractivity contribution is 5.94. The highest BCUT2D eigenvalue weighted by Gasteiger charge is 2.24. The molecule has 2 aromatic rings. The van der Waals surface area contributed by atoms with Gasteiger partial charge in [-0.3, -0.25) is 4.68 Å². The molecule has 0 unspecified atom stereocenters. The van der Waals surface area contributed by atoms with Crippen LogP contribution in [0, 0.1) is 0 Å². The summed E-state index contributed by atoms with van der Waals surface area (Å²) in [5.74, 6) is -0.948. The molecular formula is C14H14N2O2. The summed E-state index contributed by atoms with van der Waals surface area (Å²) in [7, 11) is 0. The Morgan fingerprint density at radius 3 is 2.72 bits per heavy atom. The first kappa shape index (κ1) is 11.0. The smallest absolute Gasteiger partial charge is 0.357 e. The van der Waals surface area contributed by atoms with E-state index in [-0.39, 0.29) is 5.69 Å². The van der Waals surface area contributed by atoms with E-state index in [0.717, 1.165) is 42.6 Å². The molecule has 0 bridgehead atoms. The van der Waals surface area contributed by atoms with Gasteiger partial charge in [0.1, 0.15) is 0 Å². The number of carbonyl (C=O) groups is 1. The summed E-state index contributed by atoms with van der Waals surface area (Å²) < 4.78 is 1.86. The molecule has 1 aliphatic heterocycles. The summed E-state index contributed by atoms with van der Waals surface area (Å²) >= 11 is 0. The number of hydrogen-bond donors (Lipinski definition) is 1. The van der Waals surface area contributed by atoms with E-state index in [2.05, 4.69) is 5.10 Å². The van der Waals surface area contributed by atoms with E-state index in [1.807, 2.05) is 35.0 Å². The zero-order valence-electron chi connectivity index (χ0n) is 9.97. The number of hydrogen-bond acceptors (Lipinski definition) is 2. The topological polar surface area (TPSA) is 55.1 Å². The second-order valence-electron chi connectivity index (χ2n) is 4.52. The molecule has 4 nitrogen and oxygen atoms in total. The lowest BCUT2D eigenvalue weighted by molar-refractivity contribution is 0.0690. The van der Waals surface area contributed by atoms with Crippen LogP contribution in [0.3, 0.4) is 0 Å². The minimum absolute atomic E-state index is 0.179. The Labute approximate surface area is 105 Å². The van der Waals surface area contributed by atoms with Gasteiger partial charge in [0.2, 0.25) is 0 Å². The number of aromatic carboxylic acids is 1. The van der Waals surface area contributed by atoms with Crippen molar-refractivity contribution in [1.82, 2.24) is 9.78 Å². The van der Waals surface area contributed by atoms with E-state index in [4.69, 9.17) is 0 Å². The summed E-state index contributed by atoms with van der Waals surface area (Å²) in [4.78, 5) is 11.3. The molecule has 2 heterocycles. The van der Waals surface area contributed by atoms with Crippen molar-refractivity contribution < 1.29 is 9.90 Å². The molecule has 0 aliphatic carbocycles. The van der Waals surface area contributed by atoms with Crippen molar-refractivity contribution in [3.8, 4) is 11.1 Å². The van der Waals surface area contributed by atoms with Crippen LogP contribution in [0.2, 0.25) is 0 Å². The normalized spacial score (nSPS) is 14.2. The van der Waals surface area contributed by atoms with Crippen LogP contribution in [0.5, 0.6) is 0 Å². The van der Waals surface area contributed by atoms with Crippen LogP contribution in [-0.4, -0.2) is 20.9 Å². The Morgan fingerprint density at radius 1 is 1.22 bits per heavy atom. The summed E-state index contributed by atoms with van der Waals surface area (Å²) in [6.07, 6.45) is 3.08. The fourth-order valence-corrected chi connectivity index (χ4v) is 2.55. The lowest BCUT2D eigenvalue weighted by Gasteiger charge is -2.14. The third-order valence-corrected chi connectivity index (χ3v) is 3.36. The molecule has 0 atom stereocenters. The number of aromatic nitrogens is 2. The van der Waals surface area contributed by atoms with Gasteiger partial charge in [-0.25, -0.2) is 4.79 Å². The van der Waals surface area contributed by atoms with Crippen LogP contribution in [0.4, 0.5) is 0 Å². The van der Waals surface area contributed by atoms with Crippen molar-refractivity contribution >= 4 is 5.97 Å². The lowest BCUT2D eigenvalue weighted by atomic mass is 9.98. The maximum absolute atomic E-state index is 11.3. The maximum Gasteiger partial charge on any atom is 0.357 e. The van der Waals surface area contributed by atoms with E-state index in [9.17, 15) is 9.90 Å². The maximum atomic E-state index is 11.3. The van der Waals surface area contributed by atoms with Gasteiger partial charge >= 0.3 is 5.97 Å². The Kier molecular flexibility index (Phi) is 2.63. The van der Waals surface area contributed by atoms with Crippen molar-refractivity contribution in [3.05, 3.63) is 41.7 Å². The number of benzene rings is 1. The van der Waals surface area contributed by atoms with Crippen molar-refractivity contribution in [2.45, 2.75) is 25.8 Å². The van der Waals surface area contributed by atoms with Gasteiger partial charge in [-0.05, 0) is 24.8 Å². The minimum Gasteiger partial charge on any atom is -0.476 e. The van der Waals surface area contributed by atoms with Gasteiger partial charge < -0.3 is 5.11 Å². The van der Waals surface area contributed by atoms with Crippen molar-refractivity contribution in [1.29, 1.82) is 0 Å². The molecule has 1 aromatic carbocycles. The van der Waals surface area contributed by atoms with Crippen molar-refractivity contribution in [2.24, 2.45) is 0 Å². The number of nitrogens with zero attached hydrogens (tertiary/aromatic N) is 2. The third kappa shape index (κ3) is 1.70. The van der Waals surface area contributed by atoms with Crippen LogP contribution in [0.1, 0.15) is 29.0 Å². The molecule has 3 rings (SSSR count). The molecule has 0 saturated heterocycles. The predicted octanol–water partition coefficient (Wildman–Crippen LogP) is 2.58. The first-order valence-electron chi connectivity index (χ1n) is 6.16. The average molecular weight is 242 g/mol. The van der Waals surface area contributed by atoms with Gasteiger partial charge in [-0.15, -0.1) is 0 Å². The fraction of sp³-hybridized carbons (Fsp3) is 0.286. The third-order valence-electron chi connectivity index (χ3n) is 3.36. The molecule has 0 saturated carbocycles. The average Bonchev–Trinajstić information content (AvgIpc) is 2.79. The summed E-state index contributed by atoms with van der Waals surface area (Å²) in [6, 6.07) is 9.67. The Bertz CT molecular complexity index is 587. The van der Waals surface area contributed by atoms with Crippen molar-refractivity contribution in [3.63, 3.8) is 0 Å². The van der Waals surface area contributed by atoms with E-state index < -0.39 is 5.97 Å². The molecule has 4 heteroatoms. The molecular weight excluding hydrogens is 228 g/mol. The molecule has 18 heavy (non-hydrogen) atoms. The lowest BCUT2D eigenvalue weighted by Crippen LogP contribution is -2.11. The quantitative estimate of drug-likeness (QED) is 0.880. The van der Waals surface area contributed by atoms with Crippen LogP contribution in [-0.2, 0) is 13.0 Å². The van der Waals surface area contributed by atoms with Gasteiger partial charge in [-0.1, -0.05) is 30.3 Å². The Hall–Kier alpha value is -2.10. The van der Waals surface area contributed by atoms with Crippen LogP contribution < -0.4 is 0 Å². The van der Waals surface area contributed by atoms with Gasteiger partial charge in [-0.2, -0.15) is 5.10 Å². The van der Waals surface area contributed by atoms with Crippen molar-refractivity contribution in [2.75, 3.05) is 0 Å². The summed E-state index contributed by atoms with van der Waals surface area (Å²) in [5, 5.41) is 13.5. The Morgan fingerprint density at radius 2 is 2.00 bits per heavy atom.